The van der Waals surface area contributed by atoms with E-state index in [9.17, 15) is 14.4 Å². The molecule has 0 aliphatic carbocycles. The average Bonchev–Trinajstić information content (AvgIpc) is 2.55. The van der Waals surface area contributed by atoms with Gasteiger partial charge in [-0.25, -0.2) is 0 Å². The maximum Gasteiger partial charge on any atom is 0.306 e. The van der Waals surface area contributed by atoms with Gasteiger partial charge in [-0.15, -0.1) is 0 Å². The van der Waals surface area contributed by atoms with Crippen LogP contribution in [0.4, 0.5) is 5.69 Å². The first-order valence-electron chi connectivity index (χ1n) is 7.60. The Morgan fingerprint density at radius 3 is 2.65 bits per heavy atom. The minimum Gasteiger partial charge on any atom is -0.481 e. The van der Waals surface area contributed by atoms with Crippen molar-refractivity contribution in [1.29, 1.82) is 0 Å². The number of nitrogens with one attached hydrogen (secondary N) is 1. The van der Waals surface area contributed by atoms with Gasteiger partial charge in [0.05, 0.1) is 17.2 Å². The van der Waals surface area contributed by atoms with Crippen molar-refractivity contribution in [2.45, 2.75) is 25.9 Å². The summed E-state index contributed by atoms with van der Waals surface area (Å²) in [5.74, 6) is -1.27. The Morgan fingerprint density at radius 2 is 2.00 bits per heavy atom. The van der Waals surface area contributed by atoms with Gasteiger partial charge in [0.1, 0.15) is 0 Å². The predicted octanol–water partition coefficient (Wildman–Crippen LogP) is 1.34. The minimum absolute atomic E-state index is 0.200. The number of rotatable bonds is 2. The molecule has 1 aromatic rings. The molecule has 0 bridgehead atoms. The molecule has 7 nitrogen and oxygen atoms in total. The molecule has 0 spiro atoms. The van der Waals surface area contributed by atoms with E-state index in [1.807, 2.05) is 0 Å². The van der Waals surface area contributed by atoms with E-state index in [-0.39, 0.29) is 17.7 Å². The number of carbonyl (C=O) groups excluding carboxylic acids is 2. The van der Waals surface area contributed by atoms with Gasteiger partial charge < -0.3 is 20.1 Å². The van der Waals surface area contributed by atoms with Crippen LogP contribution in [0.25, 0.3) is 0 Å². The summed E-state index contributed by atoms with van der Waals surface area (Å²) in [6, 6.07) is 5.04. The number of amides is 2. The molecule has 7 heteroatoms. The van der Waals surface area contributed by atoms with Gasteiger partial charge in [-0.3, -0.25) is 14.4 Å². The number of aliphatic carboxylic acids is 1. The van der Waals surface area contributed by atoms with E-state index < -0.39 is 12.1 Å². The van der Waals surface area contributed by atoms with Crippen molar-refractivity contribution in [1.82, 2.24) is 4.90 Å². The average molecular weight is 318 g/mol. The Bertz CT molecular complexity index is 664. The molecule has 0 saturated carbocycles. The number of hydrogen-bond donors (Lipinski definition) is 2. The van der Waals surface area contributed by atoms with Crippen molar-refractivity contribution in [3.8, 4) is 5.75 Å². The zero-order valence-electron chi connectivity index (χ0n) is 12.7. The minimum atomic E-state index is -0.811. The lowest BCUT2D eigenvalue weighted by molar-refractivity contribution is -0.143. The number of benzene rings is 1. The molecule has 1 fully saturated rings. The molecule has 3 rings (SSSR count). The topological polar surface area (TPSA) is 95.9 Å². The third kappa shape index (κ3) is 2.86. The molecular formula is C16H18N2O5. The standard InChI is InChI=1S/C16H18N2O5/c1-9-14(19)17-12-4-2-3-11(13(12)23-9)15(20)18-7-5-10(6-8-18)16(21)22/h2-4,9-10H,5-8H2,1H3,(H,17,19)(H,21,22). The number of carboxylic acids is 1. The van der Waals surface area contributed by atoms with Crippen LogP contribution in [0, 0.1) is 5.92 Å². The van der Waals surface area contributed by atoms with E-state index in [2.05, 4.69) is 5.32 Å². The predicted molar refractivity (Wildman–Crippen MR) is 81.4 cm³/mol. The molecular weight excluding hydrogens is 300 g/mol. The fraction of sp³-hybridized carbons (Fsp3) is 0.438. The van der Waals surface area contributed by atoms with Crippen LogP contribution < -0.4 is 10.1 Å². The highest BCUT2D eigenvalue weighted by molar-refractivity contribution is 6.04. The van der Waals surface area contributed by atoms with Crippen LogP contribution in [-0.2, 0) is 9.59 Å². The molecule has 1 unspecified atom stereocenters. The Hall–Kier alpha value is -2.57. The van der Waals surface area contributed by atoms with Gasteiger partial charge in [-0.05, 0) is 31.9 Å². The number of para-hydroxylation sites is 1. The maximum absolute atomic E-state index is 12.7. The third-order valence-electron chi connectivity index (χ3n) is 4.30. The van der Waals surface area contributed by atoms with E-state index in [1.54, 1.807) is 30.0 Å². The molecule has 0 aromatic heterocycles. The van der Waals surface area contributed by atoms with Crippen LogP contribution in [0.1, 0.15) is 30.1 Å². The fourth-order valence-corrected chi connectivity index (χ4v) is 2.90. The van der Waals surface area contributed by atoms with Crippen molar-refractivity contribution in [2.75, 3.05) is 18.4 Å². The summed E-state index contributed by atoms with van der Waals surface area (Å²) in [6.07, 6.45) is 0.239. The summed E-state index contributed by atoms with van der Waals surface area (Å²) in [5, 5.41) is 11.7. The van der Waals surface area contributed by atoms with Crippen LogP contribution in [0.15, 0.2) is 18.2 Å². The van der Waals surface area contributed by atoms with Crippen LogP contribution in [0.5, 0.6) is 5.75 Å². The first-order chi connectivity index (χ1) is 11.0. The number of piperidine rings is 1. The van der Waals surface area contributed by atoms with Crippen molar-refractivity contribution < 1.29 is 24.2 Å². The number of fused-ring (bicyclic) bond motifs is 1. The highest BCUT2D eigenvalue weighted by Gasteiger charge is 2.32. The molecule has 2 N–H and O–H groups in total. The summed E-state index contributed by atoms with van der Waals surface area (Å²) < 4.78 is 5.59. The van der Waals surface area contributed by atoms with E-state index >= 15 is 0 Å². The van der Waals surface area contributed by atoms with Gasteiger partial charge in [0.25, 0.3) is 11.8 Å². The lowest BCUT2D eigenvalue weighted by Gasteiger charge is -2.32. The van der Waals surface area contributed by atoms with Gasteiger partial charge in [0, 0.05) is 13.1 Å². The number of anilines is 1. The van der Waals surface area contributed by atoms with E-state index in [4.69, 9.17) is 9.84 Å². The summed E-state index contributed by atoms with van der Waals surface area (Å²) in [5.41, 5.74) is 0.877. The molecule has 1 atom stereocenters. The molecule has 1 aromatic carbocycles. The first kappa shape index (κ1) is 15.3. The number of ether oxygens (including phenoxy) is 1. The van der Waals surface area contributed by atoms with E-state index in [1.165, 1.54) is 0 Å². The number of likely N-dealkylation sites (tertiary alicyclic amines) is 1. The van der Waals surface area contributed by atoms with Gasteiger partial charge in [0.15, 0.2) is 11.9 Å². The van der Waals surface area contributed by atoms with E-state index in [0.29, 0.717) is 42.9 Å². The van der Waals surface area contributed by atoms with Gasteiger partial charge in [0.2, 0.25) is 0 Å². The second kappa shape index (κ2) is 5.91. The smallest absolute Gasteiger partial charge is 0.306 e. The molecule has 2 aliphatic rings. The van der Waals surface area contributed by atoms with Crippen LogP contribution in [0.3, 0.4) is 0 Å². The fourth-order valence-electron chi connectivity index (χ4n) is 2.90. The molecule has 1 saturated heterocycles. The second-order valence-electron chi connectivity index (χ2n) is 5.84. The molecule has 23 heavy (non-hydrogen) atoms. The quantitative estimate of drug-likeness (QED) is 0.858. The number of carbonyl (C=O) groups is 3. The van der Waals surface area contributed by atoms with Crippen LogP contribution in [-0.4, -0.2) is 47.0 Å². The largest absolute Gasteiger partial charge is 0.481 e. The highest BCUT2D eigenvalue weighted by Crippen LogP contribution is 2.34. The Balaban J connectivity index is 1.80. The molecule has 2 heterocycles. The maximum atomic E-state index is 12.7. The molecule has 2 aliphatic heterocycles. The summed E-state index contributed by atoms with van der Waals surface area (Å²) in [4.78, 5) is 37.0. The van der Waals surface area contributed by atoms with Crippen molar-refractivity contribution >= 4 is 23.5 Å². The van der Waals surface area contributed by atoms with E-state index in [0.717, 1.165) is 0 Å². The van der Waals surface area contributed by atoms with Gasteiger partial charge in [-0.1, -0.05) is 6.07 Å². The van der Waals surface area contributed by atoms with Crippen LogP contribution >= 0.6 is 0 Å². The third-order valence-corrected chi connectivity index (χ3v) is 4.30. The summed E-state index contributed by atoms with van der Waals surface area (Å²) in [7, 11) is 0. The molecule has 2 amide bonds. The Labute approximate surface area is 133 Å². The second-order valence-corrected chi connectivity index (χ2v) is 5.84. The monoisotopic (exact) mass is 318 g/mol. The lowest BCUT2D eigenvalue weighted by atomic mass is 9.96. The number of hydrogen-bond acceptors (Lipinski definition) is 4. The van der Waals surface area contributed by atoms with Crippen LogP contribution in [0.2, 0.25) is 0 Å². The first-order valence-corrected chi connectivity index (χ1v) is 7.60. The molecule has 122 valence electrons. The number of nitrogens with zero attached hydrogens (tertiary/aromatic N) is 1. The lowest BCUT2D eigenvalue weighted by Crippen LogP contribution is -2.41. The zero-order chi connectivity index (χ0) is 16.6. The van der Waals surface area contributed by atoms with Crippen molar-refractivity contribution in [3.63, 3.8) is 0 Å². The van der Waals surface area contributed by atoms with Gasteiger partial charge >= 0.3 is 5.97 Å². The van der Waals surface area contributed by atoms with Crippen molar-refractivity contribution in [2.24, 2.45) is 5.92 Å². The normalized spacial score (nSPS) is 21.2. The Kier molecular flexibility index (Phi) is 3.94. The van der Waals surface area contributed by atoms with Gasteiger partial charge in [-0.2, -0.15) is 0 Å². The summed E-state index contributed by atoms with van der Waals surface area (Å²) >= 11 is 0. The zero-order valence-corrected chi connectivity index (χ0v) is 12.7. The SMILES string of the molecule is CC1Oc2c(cccc2C(=O)N2CCC(C(=O)O)CC2)NC1=O. The number of carboxylic acid groups (broad SMARTS) is 1. The Morgan fingerprint density at radius 1 is 1.30 bits per heavy atom. The van der Waals surface area contributed by atoms with Crippen molar-refractivity contribution in [3.05, 3.63) is 23.8 Å². The molecule has 0 radical (unpaired) electrons. The summed E-state index contributed by atoms with van der Waals surface area (Å²) in [6.45, 7) is 2.43. The highest BCUT2D eigenvalue weighted by atomic mass is 16.5.